The Labute approximate surface area is 191 Å². The molecule has 0 atom stereocenters. The molecule has 9 nitrogen and oxygen atoms in total. The third-order valence-electron chi connectivity index (χ3n) is 6.31. The summed E-state index contributed by atoms with van der Waals surface area (Å²) >= 11 is 0. The number of benzene rings is 1. The van der Waals surface area contributed by atoms with Crippen LogP contribution >= 0.6 is 0 Å². The zero-order valence-corrected chi connectivity index (χ0v) is 19.1. The minimum atomic E-state index is -0.195. The Morgan fingerprint density at radius 1 is 1.06 bits per heavy atom. The van der Waals surface area contributed by atoms with Crippen molar-refractivity contribution in [2.24, 2.45) is 0 Å². The topological polar surface area (TPSA) is 98.3 Å². The molecule has 170 valence electrons. The number of rotatable bonds is 3. The van der Waals surface area contributed by atoms with Crippen LogP contribution in [0.4, 0.5) is 0 Å². The molecule has 0 N–H and O–H groups in total. The molecule has 0 spiro atoms. The number of amides is 1. The molecule has 4 aromatic rings. The monoisotopic (exact) mass is 445 g/mol. The molecule has 0 radical (unpaired) electrons. The fourth-order valence-electron chi connectivity index (χ4n) is 4.31. The van der Waals surface area contributed by atoms with E-state index in [4.69, 9.17) is 5.10 Å². The zero-order valence-electron chi connectivity index (χ0n) is 19.1. The lowest BCUT2D eigenvalue weighted by atomic mass is 9.92. The lowest BCUT2D eigenvalue weighted by Crippen LogP contribution is -2.41. The van der Waals surface area contributed by atoms with Crippen LogP contribution in [0, 0.1) is 0 Å². The normalized spacial score (nSPS) is 15.4. The van der Waals surface area contributed by atoms with Crippen molar-refractivity contribution < 1.29 is 4.79 Å². The molecular weight excluding hydrogens is 418 g/mol. The Balaban J connectivity index is 1.29. The standard InChI is InChI=1S/C24H27N7O2/c1-24(2,3)19-8-9-20-26-27-22(31(20)28-19)16-10-12-29(13-11-16)21(32)14-30-15-25-18-7-5-4-6-17(18)23(30)33/h4-9,15-16H,10-14H2,1-3H3. The molecule has 1 aromatic carbocycles. The number of para-hydroxylation sites is 1. The van der Waals surface area contributed by atoms with E-state index in [1.165, 1.54) is 10.9 Å². The minimum absolute atomic E-state index is 0.00824. The van der Waals surface area contributed by atoms with Crippen LogP contribution in [0.15, 0.2) is 47.5 Å². The van der Waals surface area contributed by atoms with Crippen LogP contribution in [0.3, 0.4) is 0 Å². The van der Waals surface area contributed by atoms with Gasteiger partial charge >= 0.3 is 0 Å². The van der Waals surface area contributed by atoms with Crippen LogP contribution in [0.2, 0.25) is 0 Å². The first kappa shape index (κ1) is 21.2. The SMILES string of the molecule is CC(C)(C)c1ccc2nnc(C3CCN(C(=O)Cn4cnc5ccccc5c4=O)CC3)n2n1. The van der Waals surface area contributed by atoms with Gasteiger partial charge in [-0.3, -0.25) is 14.2 Å². The largest absolute Gasteiger partial charge is 0.341 e. The van der Waals surface area contributed by atoms with Gasteiger partial charge in [-0.25, -0.2) is 4.98 Å². The summed E-state index contributed by atoms with van der Waals surface area (Å²) < 4.78 is 3.24. The Morgan fingerprint density at radius 3 is 2.58 bits per heavy atom. The number of carbonyl (C=O) groups excluding carboxylic acids is 1. The van der Waals surface area contributed by atoms with E-state index >= 15 is 0 Å². The number of piperidine rings is 1. The molecule has 9 heteroatoms. The highest BCUT2D eigenvalue weighted by Crippen LogP contribution is 2.28. The fraction of sp³-hybridized carbons (Fsp3) is 0.417. The molecule has 1 fully saturated rings. The molecule has 1 aliphatic heterocycles. The summed E-state index contributed by atoms with van der Waals surface area (Å²) in [4.78, 5) is 31.7. The van der Waals surface area contributed by atoms with E-state index in [9.17, 15) is 9.59 Å². The molecule has 1 amide bonds. The zero-order chi connectivity index (χ0) is 23.2. The highest BCUT2D eigenvalue weighted by atomic mass is 16.2. The number of carbonyl (C=O) groups is 1. The van der Waals surface area contributed by atoms with Crippen molar-refractivity contribution in [3.05, 3.63) is 64.6 Å². The summed E-state index contributed by atoms with van der Waals surface area (Å²) in [6.07, 6.45) is 3.01. The first-order valence-corrected chi connectivity index (χ1v) is 11.3. The fourth-order valence-corrected chi connectivity index (χ4v) is 4.31. The third kappa shape index (κ3) is 3.99. The number of aromatic nitrogens is 6. The Kier molecular flexibility index (Phi) is 5.19. The van der Waals surface area contributed by atoms with Crippen LogP contribution < -0.4 is 5.56 Å². The summed E-state index contributed by atoms with van der Waals surface area (Å²) in [6, 6.07) is 11.1. The average Bonchev–Trinajstić information content (AvgIpc) is 3.24. The molecule has 33 heavy (non-hydrogen) atoms. The average molecular weight is 446 g/mol. The Morgan fingerprint density at radius 2 is 1.82 bits per heavy atom. The van der Waals surface area contributed by atoms with Crippen molar-refractivity contribution in [3.8, 4) is 0 Å². The molecular formula is C24H27N7O2. The minimum Gasteiger partial charge on any atom is -0.341 e. The quantitative estimate of drug-likeness (QED) is 0.481. The molecule has 1 saturated heterocycles. The van der Waals surface area contributed by atoms with Gasteiger partial charge in [-0.1, -0.05) is 32.9 Å². The van der Waals surface area contributed by atoms with E-state index < -0.39 is 0 Å². The van der Waals surface area contributed by atoms with E-state index in [0.29, 0.717) is 24.0 Å². The van der Waals surface area contributed by atoms with E-state index in [0.717, 1.165) is 30.0 Å². The summed E-state index contributed by atoms with van der Waals surface area (Å²) in [6.45, 7) is 7.59. The summed E-state index contributed by atoms with van der Waals surface area (Å²) in [7, 11) is 0. The van der Waals surface area contributed by atoms with Crippen LogP contribution in [-0.2, 0) is 16.8 Å². The van der Waals surface area contributed by atoms with Gasteiger partial charge in [-0.05, 0) is 37.1 Å². The van der Waals surface area contributed by atoms with E-state index in [2.05, 4.69) is 36.0 Å². The van der Waals surface area contributed by atoms with Crippen molar-refractivity contribution >= 4 is 22.5 Å². The van der Waals surface area contributed by atoms with Gasteiger partial charge < -0.3 is 4.90 Å². The van der Waals surface area contributed by atoms with Gasteiger partial charge in [0.15, 0.2) is 11.5 Å². The highest BCUT2D eigenvalue weighted by Gasteiger charge is 2.28. The van der Waals surface area contributed by atoms with E-state index in [1.807, 2.05) is 27.6 Å². The van der Waals surface area contributed by atoms with Crippen molar-refractivity contribution in [1.29, 1.82) is 0 Å². The molecule has 1 aliphatic rings. The Bertz CT molecular complexity index is 1390. The predicted octanol–water partition coefficient (Wildman–Crippen LogP) is 2.54. The van der Waals surface area contributed by atoms with Crippen molar-refractivity contribution in [1.82, 2.24) is 34.3 Å². The summed E-state index contributed by atoms with van der Waals surface area (Å²) in [5, 5.41) is 14.0. The first-order chi connectivity index (χ1) is 15.8. The predicted molar refractivity (Wildman–Crippen MR) is 124 cm³/mol. The molecule has 0 unspecified atom stereocenters. The molecule has 0 saturated carbocycles. The van der Waals surface area contributed by atoms with Crippen molar-refractivity contribution in [3.63, 3.8) is 0 Å². The van der Waals surface area contributed by atoms with Gasteiger partial charge in [0.25, 0.3) is 5.56 Å². The van der Waals surface area contributed by atoms with Gasteiger partial charge in [-0.15, -0.1) is 10.2 Å². The molecule has 0 bridgehead atoms. The van der Waals surface area contributed by atoms with E-state index in [1.54, 1.807) is 18.2 Å². The van der Waals surface area contributed by atoms with Crippen molar-refractivity contribution in [2.45, 2.75) is 51.5 Å². The highest BCUT2D eigenvalue weighted by molar-refractivity contribution is 5.79. The maximum absolute atomic E-state index is 12.9. The molecule has 3 aromatic heterocycles. The molecule has 4 heterocycles. The Hall–Kier alpha value is -3.62. The molecule has 5 rings (SSSR count). The maximum Gasteiger partial charge on any atom is 0.261 e. The second-order valence-corrected chi connectivity index (χ2v) is 9.65. The molecule has 0 aliphatic carbocycles. The number of fused-ring (bicyclic) bond motifs is 2. The number of hydrogen-bond donors (Lipinski definition) is 0. The van der Waals surface area contributed by atoms with Crippen LogP contribution in [0.25, 0.3) is 16.6 Å². The van der Waals surface area contributed by atoms with Crippen LogP contribution in [-0.4, -0.2) is 53.3 Å². The lowest BCUT2D eigenvalue weighted by molar-refractivity contribution is -0.133. The second-order valence-electron chi connectivity index (χ2n) is 9.65. The van der Waals surface area contributed by atoms with E-state index in [-0.39, 0.29) is 29.3 Å². The number of hydrogen-bond acceptors (Lipinski definition) is 6. The third-order valence-corrected chi connectivity index (χ3v) is 6.31. The van der Waals surface area contributed by atoms with Crippen LogP contribution in [0.5, 0.6) is 0 Å². The summed E-state index contributed by atoms with van der Waals surface area (Å²) in [5.74, 6) is 0.946. The van der Waals surface area contributed by atoms with Gasteiger partial charge in [0, 0.05) is 24.4 Å². The van der Waals surface area contributed by atoms with Gasteiger partial charge in [0.2, 0.25) is 5.91 Å². The van der Waals surface area contributed by atoms with Gasteiger partial charge in [-0.2, -0.15) is 9.61 Å². The first-order valence-electron chi connectivity index (χ1n) is 11.3. The van der Waals surface area contributed by atoms with Crippen LogP contribution in [0.1, 0.15) is 51.0 Å². The lowest BCUT2D eigenvalue weighted by Gasteiger charge is -2.31. The number of nitrogens with zero attached hydrogens (tertiary/aromatic N) is 7. The maximum atomic E-state index is 12.9. The number of likely N-dealkylation sites (tertiary alicyclic amines) is 1. The van der Waals surface area contributed by atoms with Gasteiger partial charge in [0.1, 0.15) is 6.54 Å². The second kappa shape index (κ2) is 8.06. The van der Waals surface area contributed by atoms with Crippen molar-refractivity contribution in [2.75, 3.05) is 13.1 Å². The van der Waals surface area contributed by atoms with Gasteiger partial charge in [0.05, 0.1) is 22.9 Å². The smallest absolute Gasteiger partial charge is 0.261 e. The summed E-state index contributed by atoms with van der Waals surface area (Å²) in [5.41, 5.74) is 2.09.